The molecule has 2 aromatic carbocycles. The lowest BCUT2D eigenvalue weighted by Crippen LogP contribution is -2.52. The number of hydrogen-bond donors (Lipinski definition) is 1. The third-order valence-corrected chi connectivity index (χ3v) is 6.50. The van der Waals surface area contributed by atoms with Gasteiger partial charge in [0.05, 0.1) is 11.9 Å². The number of nitrogens with one attached hydrogen (secondary N) is 1. The van der Waals surface area contributed by atoms with Crippen molar-refractivity contribution in [2.75, 3.05) is 17.1 Å². The molecular formula is C23H30BrN3O4S. The van der Waals surface area contributed by atoms with Crippen molar-refractivity contribution >= 4 is 43.5 Å². The maximum Gasteiger partial charge on any atom is 0.244 e. The summed E-state index contributed by atoms with van der Waals surface area (Å²) < 4.78 is 26.8. The first kappa shape index (κ1) is 25.9. The van der Waals surface area contributed by atoms with Crippen LogP contribution in [0.1, 0.15) is 31.9 Å². The molecule has 0 saturated carbocycles. The van der Waals surface area contributed by atoms with Gasteiger partial charge in [0.15, 0.2) is 0 Å². The summed E-state index contributed by atoms with van der Waals surface area (Å²) in [7, 11) is -3.73. The average Bonchev–Trinajstić information content (AvgIpc) is 2.69. The van der Waals surface area contributed by atoms with E-state index in [9.17, 15) is 18.0 Å². The first-order valence-electron chi connectivity index (χ1n) is 10.3. The molecule has 1 N–H and O–H groups in total. The van der Waals surface area contributed by atoms with Gasteiger partial charge in [-0.25, -0.2) is 8.42 Å². The van der Waals surface area contributed by atoms with Crippen LogP contribution >= 0.6 is 15.9 Å². The number of nitrogens with zero attached hydrogens (tertiary/aromatic N) is 2. The van der Waals surface area contributed by atoms with E-state index in [1.54, 1.807) is 31.2 Å². The molecule has 0 aliphatic rings. The molecule has 2 aromatic rings. The molecule has 2 amide bonds. The molecule has 0 fully saturated rings. The minimum atomic E-state index is -3.73. The van der Waals surface area contributed by atoms with Gasteiger partial charge in [-0.15, -0.1) is 0 Å². The van der Waals surface area contributed by atoms with E-state index in [1.165, 1.54) is 4.90 Å². The van der Waals surface area contributed by atoms with Crippen LogP contribution in [0.4, 0.5) is 5.69 Å². The van der Waals surface area contributed by atoms with Crippen LogP contribution in [0.3, 0.4) is 0 Å². The topological polar surface area (TPSA) is 86.8 Å². The Hall–Kier alpha value is -2.39. The fraction of sp³-hybridized carbons (Fsp3) is 0.391. The van der Waals surface area contributed by atoms with Crippen molar-refractivity contribution in [3.63, 3.8) is 0 Å². The Kier molecular flexibility index (Phi) is 8.86. The number of carbonyl (C=O) groups is 2. The summed E-state index contributed by atoms with van der Waals surface area (Å²) >= 11 is 3.33. The maximum absolute atomic E-state index is 13.4. The molecule has 0 aliphatic heterocycles. The number of aryl methyl sites for hydroxylation is 1. The highest BCUT2D eigenvalue weighted by molar-refractivity contribution is 9.10. The molecule has 9 heteroatoms. The van der Waals surface area contributed by atoms with E-state index in [1.807, 2.05) is 45.0 Å². The van der Waals surface area contributed by atoms with E-state index in [2.05, 4.69) is 21.2 Å². The third-order valence-electron chi connectivity index (χ3n) is 4.83. The van der Waals surface area contributed by atoms with Crippen LogP contribution in [-0.4, -0.2) is 50.0 Å². The standard InChI is InChI=1S/C23H30BrN3O4S/c1-16(2)25-23(29)18(4)26(14-19-8-6-7-17(3)13-19)22(28)15-27(32(5,30)31)21-11-9-20(24)10-12-21/h6-13,16,18H,14-15H2,1-5H3,(H,25,29). The van der Waals surface area contributed by atoms with E-state index in [4.69, 9.17) is 0 Å². The number of benzene rings is 2. The second-order valence-electron chi connectivity index (χ2n) is 8.10. The number of amides is 2. The Bertz CT molecular complexity index is 1060. The van der Waals surface area contributed by atoms with E-state index in [0.717, 1.165) is 26.2 Å². The molecule has 174 valence electrons. The van der Waals surface area contributed by atoms with Gasteiger partial charge in [-0.05, 0) is 57.5 Å². The number of sulfonamides is 1. The molecule has 7 nitrogen and oxygen atoms in total. The molecule has 0 saturated heterocycles. The Morgan fingerprint density at radius 3 is 2.22 bits per heavy atom. The second kappa shape index (κ2) is 11.0. The van der Waals surface area contributed by atoms with Crippen molar-refractivity contribution in [2.24, 2.45) is 0 Å². The average molecular weight is 524 g/mol. The molecule has 0 bridgehead atoms. The smallest absolute Gasteiger partial charge is 0.244 e. The van der Waals surface area contributed by atoms with E-state index in [0.29, 0.717) is 5.69 Å². The zero-order valence-corrected chi connectivity index (χ0v) is 21.4. The van der Waals surface area contributed by atoms with Crippen molar-refractivity contribution in [1.29, 1.82) is 0 Å². The SMILES string of the molecule is Cc1cccc(CN(C(=O)CN(c2ccc(Br)cc2)S(C)(=O)=O)C(C)C(=O)NC(C)C)c1. The molecule has 1 unspecified atom stereocenters. The van der Waals surface area contributed by atoms with Crippen LogP contribution in [0.15, 0.2) is 53.0 Å². The van der Waals surface area contributed by atoms with Crippen molar-refractivity contribution in [3.8, 4) is 0 Å². The number of anilines is 1. The number of carbonyl (C=O) groups excluding carboxylic acids is 2. The van der Waals surface area contributed by atoms with Crippen molar-refractivity contribution in [3.05, 3.63) is 64.1 Å². The molecular weight excluding hydrogens is 494 g/mol. The normalized spacial score (nSPS) is 12.3. The van der Waals surface area contributed by atoms with E-state index in [-0.39, 0.29) is 18.5 Å². The van der Waals surface area contributed by atoms with Gasteiger partial charge in [-0.3, -0.25) is 13.9 Å². The zero-order valence-electron chi connectivity index (χ0n) is 19.0. The summed E-state index contributed by atoms with van der Waals surface area (Å²) in [5.74, 6) is -0.762. The molecule has 0 aromatic heterocycles. The second-order valence-corrected chi connectivity index (χ2v) is 10.9. The molecule has 0 aliphatic carbocycles. The van der Waals surface area contributed by atoms with Crippen LogP contribution < -0.4 is 9.62 Å². The zero-order chi connectivity index (χ0) is 24.1. The molecule has 0 spiro atoms. The summed E-state index contributed by atoms with van der Waals surface area (Å²) in [5, 5.41) is 2.83. The predicted octanol–water partition coefficient (Wildman–Crippen LogP) is 3.47. The highest BCUT2D eigenvalue weighted by atomic mass is 79.9. The summed E-state index contributed by atoms with van der Waals surface area (Å²) in [6, 6.07) is 13.5. The van der Waals surface area contributed by atoms with E-state index >= 15 is 0 Å². The Morgan fingerprint density at radius 1 is 1.06 bits per heavy atom. The maximum atomic E-state index is 13.4. The Labute approximate surface area is 199 Å². The lowest BCUT2D eigenvalue weighted by Gasteiger charge is -2.32. The van der Waals surface area contributed by atoms with Crippen LogP contribution in [0.5, 0.6) is 0 Å². The summed E-state index contributed by atoms with van der Waals surface area (Å²) in [6.45, 7) is 7.06. The number of halogens is 1. The largest absolute Gasteiger partial charge is 0.352 e. The van der Waals surface area contributed by atoms with Gasteiger partial charge in [0, 0.05) is 17.1 Å². The van der Waals surface area contributed by atoms with Gasteiger partial charge in [-0.2, -0.15) is 0 Å². The summed E-state index contributed by atoms with van der Waals surface area (Å²) in [5.41, 5.74) is 2.26. The van der Waals surface area contributed by atoms with Crippen LogP contribution in [-0.2, 0) is 26.2 Å². The highest BCUT2D eigenvalue weighted by Gasteiger charge is 2.30. The molecule has 0 heterocycles. The fourth-order valence-corrected chi connectivity index (χ4v) is 4.33. The van der Waals surface area contributed by atoms with Gasteiger partial charge in [-0.1, -0.05) is 45.8 Å². The van der Waals surface area contributed by atoms with Gasteiger partial charge >= 0.3 is 0 Å². The van der Waals surface area contributed by atoms with Gasteiger partial charge in [0.25, 0.3) is 0 Å². The molecule has 0 radical (unpaired) electrons. The van der Waals surface area contributed by atoms with Crippen molar-refractivity contribution in [2.45, 2.75) is 46.3 Å². The summed E-state index contributed by atoms with van der Waals surface area (Å²) in [4.78, 5) is 27.5. The van der Waals surface area contributed by atoms with Crippen LogP contribution in [0, 0.1) is 6.92 Å². The highest BCUT2D eigenvalue weighted by Crippen LogP contribution is 2.21. The first-order chi connectivity index (χ1) is 14.9. The quantitative estimate of drug-likeness (QED) is 0.545. The monoisotopic (exact) mass is 523 g/mol. The van der Waals surface area contributed by atoms with Crippen molar-refractivity contribution in [1.82, 2.24) is 10.2 Å². The first-order valence-corrected chi connectivity index (χ1v) is 12.9. The van der Waals surface area contributed by atoms with E-state index < -0.39 is 28.5 Å². The van der Waals surface area contributed by atoms with Crippen LogP contribution in [0.25, 0.3) is 0 Å². The molecule has 1 atom stereocenters. The van der Waals surface area contributed by atoms with Gasteiger partial charge in [0.1, 0.15) is 12.6 Å². The lowest BCUT2D eigenvalue weighted by molar-refractivity contribution is -0.139. The van der Waals surface area contributed by atoms with Gasteiger partial charge < -0.3 is 10.2 Å². The number of hydrogen-bond acceptors (Lipinski definition) is 4. The minimum absolute atomic E-state index is 0.0869. The van der Waals surface area contributed by atoms with Crippen LogP contribution in [0.2, 0.25) is 0 Å². The number of rotatable bonds is 9. The fourth-order valence-electron chi connectivity index (χ4n) is 3.22. The van der Waals surface area contributed by atoms with Gasteiger partial charge in [0.2, 0.25) is 21.8 Å². The molecule has 2 rings (SSSR count). The Morgan fingerprint density at radius 2 is 1.69 bits per heavy atom. The lowest BCUT2D eigenvalue weighted by atomic mass is 10.1. The Balaban J connectivity index is 2.38. The third kappa shape index (κ3) is 7.34. The minimum Gasteiger partial charge on any atom is -0.352 e. The predicted molar refractivity (Wildman–Crippen MR) is 131 cm³/mol. The summed E-state index contributed by atoms with van der Waals surface area (Å²) in [6.07, 6.45) is 1.06. The molecule has 32 heavy (non-hydrogen) atoms. The van der Waals surface area contributed by atoms with Crippen molar-refractivity contribution < 1.29 is 18.0 Å².